The smallest absolute Gasteiger partial charge is 0.267 e. The van der Waals surface area contributed by atoms with Gasteiger partial charge in [-0.2, -0.15) is 5.10 Å². The first-order chi connectivity index (χ1) is 14.5. The minimum atomic E-state index is -0.311. The van der Waals surface area contributed by atoms with Gasteiger partial charge in [-0.25, -0.2) is 14.3 Å². The zero-order valence-electron chi connectivity index (χ0n) is 15.8. The summed E-state index contributed by atoms with van der Waals surface area (Å²) >= 11 is 11.9. The van der Waals surface area contributed by atoms with E-state index in [0.717, 1.165) is 0 Å². The summed E-state index contributed by atoms with van der Waals surface area (Å²) in [5, 5.41) is 20.9. The minimum absolute atomic E-state index is 0.143. The Morgan fingerprint density at radius 3 is 2.53 bits per heavy atom. The van der Waals surface area contributed by atoms with Crippen LogP contribution < -0.4 is 10.3 Å². The lowest BCUT2D eigenvalue weighted by Gasteiger charge is -2.08. The third-order valence-electron chi connectivity index (χ3n) is 4.32. The molecule has 12 heteroatoms. The predicted molar refractivity (Wildman–Crippen MR) is 109 cm³/mol. The number of halogens is 2. The topological polar surface area (TPSA) is 114 Å². The van der Waals surface area contributed by atoms with Gasteiger partial charge in [-0.15, -0.1) is 15.3 Å². The highest BCUT2D eigenvalue weighted by molar-refractivity contribution is 6.32. The Bertz CT molecular complexity index is 1270. The third kappa shape index (κ3) is 3.87. The number of hydrogen-bond donors (Lipinski definition) is 0. The molecule has 4 rings (SSSR count). The van der Waals surface area contributed by atoms with Crippen molar-refractivity contribution in [1.29, 1.82) is 0 Å². The molecule has 10 nitrogen and oxygen atoms in total. The summed E-state index contributed by atoms with van der Waals surface area (Å²) in [5.41, 5.74) is 2.55. The Hall–Kier alpha value is -3.37. The fourth-order valence-electron chi connectivity index (χ4n) is 2.78. The Kier molecular flexibility index (Phi) is 5.42. The summed E-state index contributed by atoms with van der Waals surface area (Å²) in [6.07, 6.45) is 3.13. The highest BCUT2D eigenvalue weighted by Gasteiger charge is 2.16. The van der Waals surface area contributed by atoms with Crippen LogP contribution in [0.4, 0.5) is 0 Å². The molecule has 0 radical (unpaired) electrons. The molecule has 0 fully saturated rings. The van der Waals surface area contributed by atoms with Crippen molar-refractivity contribution in [2.24, 2.45) is 7.05 Å². The standard InChI is InChI=1S/C18H14Cl2N8O2/c1-27-14(17(25-26-27)13-3-4-15(20)24-23-13)9-28-16(29)6-11(8-22-28)10-5-12(19)18(30-2)21-7-10/h3-8H,9H2,1-2H3. The van der Waals surface area contributed by atoms with Crippen molar-refractivity contribution in [2.45, 2.75) is 6.54 Å². The summed E-state index contributed by atoms with van der Waals surface area (Å²) in [7, 11) is 3.20. The van der Waals surface area contributed by atoms with Crippen molar-refractivity contribution < 1.29 is 4.74 Å². The van der Waals surface area contributed by atoms with Crippen LogP contribution in [0.2, 0.25) is 10.2 Å². The van der Waals surface area contributed by atoms with Crippen LogP contribution in [0.1, 0.15) is 5.69 Å². The highest BCUT2D eigenvalue weighted by atomic mass is 35.5. The largest absolute Gasteiger partial charge is 0.480 e. The molecule has 4 aromatic rings. The van der Waals surface area contributed by atoms with Crippen molar-refractivity contribution >= 4 is 23.2 Å². The number of ether oxygens (including phenoxy) is 1. The van der Waals surface area contributed by atoms with Gasteiger partial charge in [-0.1, -0.05) is 28.4 Å². The molecule has 0 spiro atoms. The maximum absolute atomic E-state index is 12.7. The molecule has 0 amide bonds. The van der Waals surface area contributed by atoms with Crippen molar-refractivity contribution in [3.8, 4) is 28.4 Å². The molecule has 0 atom stereocenters. The molecule has 0 aliphatic heterocycles. The second-order valence-electron chi connectivity index (χ2n) is 6.20. The fourth-order valence-corrected chi connectivity index (χ4v) is 3.13. The molecule has 0 unspecified atom stereocenters. The molecule has 152 valence electrons. The minimum Gasteiger partial charge on any atom is -0.480 e. The molecule has 0 aromatic carbocycles. The van der Waals surface area contributed by atoms with Gasteiger partial charge in [-0.05, 0) is 18.2 Å². The van der Waals surface area contributed by atoms with Crippen molar-refractivity contribution in [2.75, 3.05) is 7.11 Å². The van der Waals surface area contributed by atoms with Gasteiger partial charge in [0.2, 0.25) is 5.88 Å². The van der Waals surface area contributed by atoms with Crippen LogP contribution in [0.3, 0.4) is 0 Å². The Labute approximate surface area is 180 Å². The average molecular weight is 445 g/mol. The van der Waals surface area contributed by atoms with Crippen LogP contribution in [0.15, 0.2) is 41.5 Å². The summed E-state index contributed by atoms with van der Waals surface area (Å²) < 4.78 is 7.90. The number of hydrogen-bond acceptors (Lipinski definition) is 8. The van der Waals surface area contributed by atoms with Crippen LogP contribution in [0.5, 0.6) is 5.88 Å². The molecule has 4 aromatic heterocycles. The molecule has 0 saturated heterocycles. The molecular formula is C18H14Cl2N8O2. The summed E-state index contributed by atoms with van der Waals surface area (Å²) in [5.74, 6) is 0.309. The predicted octanol–water partition coefficient (Wildman–Crippen LogP) is 2.25. The van der Waals surface area contributed by atoms with Gasteiger partial charge in [0.25, 0.3) is 5.56 Å². The fraction of sp³-hybridized carbons (Fsp3) is 0.167. The second-order valence-corrected chi connectivity index (χ2v) is 7.00. The molecule has 30 heavy (non-hydrogen) atoms. The number of aromatic nitrogens is 8. The number of rotatable bonds is 5. The zero-order valence-corrected chi connectivity index (χ0v) is 17.3. The molecule has 0 aliphatic carbocycles. The van der Waals surface area contributed by atoms with Crippen LogP contribution >= 0.6 is 23.2 Å². The molecule has 0 aliphatic rings. The van der Waals surface area contributed by atoms with Crippen LogP contribution in [0, 0.1) is 0 Å². The van der Waals surface area contributed by atoms with E-state index in [1.165, 1.54) is 17.9 Å². The second kappa shape index (κ2) is 8.17. The van der Waals surface area contributed by atoms with E-state index in [4.69, 9.17) is 27.9 Å². The van der Waals surface area contributed by atoms with Gasteiger partial charge in [0.1, 0.15) is 16.4 Å². The zero-order chi connectivity index (χ0) is 21.3. The quantitative estimate of drug-likeness (QED) is 0.460. The van der Waals surface area contributed by atoms with Gasteiger partial charge in [0, 0.05) is 30.4 Å². The maximum atomic E-state index is 12.7. The number of methoxy groups -OCH3 is 1. The average Bonchev–Trinajstić information content (AvgIpc) is 3.10. The van der Waals surface area contributed by atoms with Gasteiger partial charge in [-0.3, -0.25) is 4.79 Å². The first-order valence-electron chi connectivity index (χ1n) is 8.61. The van der Waals surface area contributed by atoms with Crippen LogP contribution in [-0.2, 0) is 13.6 Å². The molecule has 0 saturated carbocycles. The maximum Gasteiger partial charge on any atom is 0.267 e. The SMILES string of the molecule is COc1ncc(-c2cnn(Cc3c(-c4ccc(Cl)nn4)nnn3C)c(=O)c2)cc1Cl. The van der Waals surface area contributed by atoms with Crippen molar-refractivity contribution in [1.82, 2.24) is 40.0 Å². The normalized spacial score (nSPS) is 10.9. The number of pyridine rings is 1. The van der Waals surface area contributed by atoms with Crippen LogP contribution in [-0.4, -0.2) is 47.1 Å². The third-order valence-corrected chi connectivity index (χ3v) is 4.79. The lowest BCUT2D eigenvalue weighted by atomic mass is 10.1. The van der Waals surface area contributed by atoms with Gasteiger partial charge < -0.3 is 4.74 Å². The van der Waals surface area contributed by atoms with E-state index in [2.05, 4.69) is 30.6 Å². The van der Waals surface area contributed by atoms with E-state index in [1.807, 2.05) is 0 Å². The first-order valence-corrected chi connectivity index (χ1v) is 9.37. The Balaban J connectivity index is 1.66. The molecule has 0 bridgehead atoms. The van der Waals surface area contributed by atoms with Crippen molar-refractivity contribution in [3.05, 3.63) is 62.9 Å². The van der Waals surface area contributed by atoms with E-state index < -0.39 is 0 Å². The van der Waals surface area contributed by atoms with Crippen LogP contribution in [0.25, 0.3) is 22.5 Å². The summed E-state index contributed by atoms with van der Waals surface area (Å²) in [6, 6.07) is 6.41. The van der Waals surface area contributed by atoms with E-state index in [9.17, 15) is 4.79 Å². The van der Waals surface area contributed by atoms with Gasteiger partial charge >= 0.3 is 0 Å². The van der Waals surface area contributed by atoms with E-state index in [1.54, 1.807) is 42.3 Å². The lowest BCUT2D eigenvalue weighted by molar-refractivity contribution is 0.398. The summed E-state index contributed by atoms with van der Waals surface area (Å²) in [6.45, 7) is 0.143. The van der Waals surface area contributed by atoms with Gasteiger partial charge in [0.05, 0.1) is 25.5 Å². The van der Waals surface area contributed by atoms with E-state index in [-0.39, 0.29) is 17.3 Å². The molecule has 4 heterocycles. The lowest BCUT2D eigenvalue weighted by Crippen LogP contribution is -2.24. The summed E-state index contributed by atoms with van der Waals surface area (Å²) in [4.78, 5) is 16.8. The highest BCUT2D eigenvalue weighted by Crippen LogP contribution is 2.27. The monoisotopic (exact) mass is 444 g/mol. The van der Waals surface area contributed by atoms with E-state index in [0.29, 0.717) is 39.1 Å². The molecule has 0 N–H and O–H groups in total. The van der Waals surface area contributed by atoms with Crippen molar-refractivity contribution in [3.63, 3.8) is 0 Å². The van der Waals surface area contributed by atoms with Gasteiger partial charge in [0.15, 0.2) is 5.15 Å². The molecular weight excluding hydrogens is 431 g/mol. The Morgan fingerprint density at radius 1 is 1.07 bits per heavy atom. The van der Waals surface area contributed by atoms with E-state index >= 15 is 0 Å². The number of aryl methyl sites for hydroxylation is 1. The number of nitrogens with zero attached hydrogens (tertiary/aromatic N) is 8. The first kappa shape index (κ1) is 19.9. The Morgan fingerprint density at radius 2 is 1.87 bits per heavy atom.